The number of amides is 1. The number of nitrogens with zero attached hydrogens (tertiary/aromatic N) is 3. The summed E-state index contributed by atoms with van der Waals surface area (Å²) in [7, 11) is 0. The Morgan fingerprint density at radius 2 is 1.42 bits per heavy atom. The van der Waals surface area contributed by atoms with Crippen molar-refractivity contribution < 1.29 is 18.0 Å². The maximum Gasteiger partial charge on any atom is 0.410 e. The predicted molar refractivity (Wildman–Crippen MR) is 131 cm³/mol. The predicted octanol–water partition coefficient (Wildman–Crippen LogP) is 6.39. The SMILES string of the molecule is O=C(c1cc2n(n1)[C@@H](C(F)(F)F)C[C@@H](c1ccccc1)N2)N(Cc1ccccc1)Cc1ccccc1. The van der Waals surface area contributed by atoms with Crippen molar-refractivity contribution >= 4 is 11.7 Å². The number of carbonyl (C=O) groups excluding carboxylic acids is 1. The van der Waals surface area contributed by atoms with Crippen LogP contribution in [0.15, 0.2) is 97.1 Å². The van der Waals surface area contributed by atoms with E-state index in [1.165, 1.54) is 6.07 Å². The van der Waals surface area contributed by atoms with Crippen LogP contribution in [0.2, 0.25) is 0 Å². The van der Waals surface area contributed by atoms with Gasteiger partial charge in [0.15, 0.2) is 11.7 Å². The third-order valence-electron chi connectivity index (χ3n) is 6.33. The minimum atomic E-state index is -4.51. The van der Waals surface area contributed by atoms with E-state index in [4.69, 9.17) is 0 Å². The van der Waals surface area contributed by atoms with Gasteiger partial charge in [-0.3, -0.25) is 4.79 Å². The molecule has 0 unspecified atom stereocenters. The summed E-state index contributed by atoms with van der Waals surface area (Å²) in [6.45, 7) is 0.610. The summed E-state index contributed by atoms with van der Waals surface area (Å²) in [6, 6.07) is 27.0. The Morgan fingerprint density at radius 3 is 1.94 bits per heavy atom. The summed E-state index contributed by atoms with van der Waals surface area (Å²) in [5, 5.41) is 7.33. The van der Waals surface area contributed by atoms with E-state index in [1.54, 1.807) is 29.2 Å². The molecule has 0 fully saturated rings. The fourth-order valence-electron chi connectivity index (χ4n) is 4.55. The van der Waals surface area contributed by atoms with E-state index in [0.29, 0.717) is 13.1 Å². The van der Waals surface area contributed by atoms with E-state index in [9.17, 15) is 18.0 Å². The van der Waals surface area contributed by atoms with Crippen molar-refractivity contribution in [1.82, 2.24) is 14.7 Å². The quantitative estimate of drug-likeness (QED) is 0.341. The zero-order valence-corrected chi connectivity index (χ0v) is 19.4. The Hall–Kier alpha value is -4.07. The first-order chi connectivity index (χ1) is 17.4. The van der Waals surface area contributed by atoms with Crippen molar-refractivity contribution in [3.8, 4) is 0 Å². The van der Waals surface area contributed by atoms with Gasteiger partial charge in [-0.25, -0.2) is 4.68 Å². The summed E-state index contributed by atoms with van der Waals surface area (Å²) in [6.07, 6.45) is -4.72. The van der Waals surface area contributed by atoms with Gasteiger partial charge in [0.05, 0.1) is 6.04 Å². The van der Waals surface area contributed by atoms with E-state index in [1.807, 2.05) is 66.7 Å². The van der Waals surface area contributed by atoms with Crippen LogP contribution in [0.4, 0.5) is 19.0 Å². The van der Waals surface area contributed by atoms with Gasteiger partial charge in [0.1, 0.15) is 5.82 Å². The molecule has 2 heterocycles. The van der Waals surface area contributed by atoms with Crippen molar-refractivity contribution in [2.75, 3.05) is 5.32 Å². The Bertz CT molecular complexity index is 1270. The fourth-order valence-corrected chi connectivity index (χ4v) is 4.55. The second-order valence-corrected chi connectivity index (χ2v) is 8.89. The summed E-state index contributed by atoms with van der Waals surface area (Å²) < 4.78 is 43.1. The molecule has 0 bridgehead atoms. The van der Waals surface area contributed by atoms with Gasteiger partial charge >= 0.3 is 6.18 Å². The Kier molecular flexibility index (Phi) is 6.50. The molecule has 5 rings (SSSR count). The molecule has 3 aromatic carbocycles. The van der Waals surface area contributed by atoms with Crippen LogP contribution in [0.1, 0.15) is 45.7 Å². The molecule has 8 heteroatoms. The lowest BCUT2D eigenvalue weighted by molar-refractivity contribution is -0.173. The molecule has 2 atom stereocenters. The van der Waals surface area contributed by atoms with Gasteiger partial charge in [0.25, 0.3) is 5.91 Å². The molecule has 184 valence electrons. The molecule has 5 nitrogen and oxygen atoms in total. The number of benzene rings is 3. The number of carbonyl (C=O) groups is 1. The van der Waals surface area contributed by atoms with Crippen LogP contribution in [-0.4, -0.2) is 26.8 Å². The minimum absolute atomic E-state index is 0.0210. The highest BCUT2D eigenvalue weighted by Gasteiger charge is 2.47. The Balaban J connectivity index is 1.47. The molecule has 36 heavy (non-hydrogen) atoms. The standard InChI is InChI=1S/C28H25F3N4O/c29-28(30,31)25-16-23(22-14-8-3-9-15-22)32-26-17-24(33-35(25)26)27(36)34(18-20-10-4-1-5-11-20)19-21-12-6-2-7-13-21/h1-15,17,23,25,32H,16,18-19H2/t23-,25+/m0/s1. The van der Waals surface area contributed by atoms with Gasteiger partial charge in [0, 0.05) is 25.6 Å². The van der Waals surface area contributed by atoms with Crippen LogP contribution in [0.5, 0.6) is 0 Å². The lowest BCUT2D eigenvalue weighted by Gasteiger charge is -2.33. The van der Waals surface area contributed by atoms with Gasteiger partial charge in [-0.1, -0.05) is 91.0 Å². The monoisotopic (exact) mass is 490 g/mol. The molecule has 1 aromatic heterocycles. The zero-order valence-electron chi connectivity index (χ0n) is 19.4. The van der Waals surface area contributed by atoms with Crippen LogP contribution >= 0.6 is 0 Å². The zero-order chi connectivity index (χ0) is 25.1. The number of hydrogen-bond acceptors (Lipinski definition) is 3. The number of rotatable bonds is 6. The number of nitrogens with one attached hydrogen (secondary N) is 1. The average molecular weight is 491 g/mol. The second kappa shape index (κ2) is 9.89. The van der Waals surface area contributed by atoms with Crippen LogP contribution in [0, 0.1) is 0 Å². The molecule has 0 saturated carbocycles. The second-order valence-electron chi connectivity index (χ2n) is 8.89. The van der Waals surface area contributed by atoms with Crippen LogP contribution in [-0.2, 0) is 13.1 Å². The highest BCUT2D eigenvalue weighted by Crippen LogP contribution is 2.43. The molecule has 1 amide bonds. The first-order valence-electron chi connectivity index (χ1n) is 11.7. The minimum Gasteiger partial charge on any atom is -0.363 e. The largest absolute Gasteiger partial charge is 0.410 e. The first kappa shape index (κ1) is 23.7. The highest BCUT2D eigenvalue weighted by atomic mass is 19.4. The number of aromatic nitrogens is 2. The number of anilines is 1. The van der Waals surface area contributed by atoms with E-state index < -0.39 is 24.2 Å². The van der Waals surface area contributed by atoms with Crippen molar-refractivity contribution in [2.45, 2.75) is 37.8 Å². The third-order valence-corrected chi connectivity index (χ3v) is 6.33. The molecule has 0 saturated heterocycles. The van der Waals surface area contributed by atoms with Crippen LogP contribution in [0.3, 0.4) is 0 Å². The van der Waals surface area contributed by atoms with Crippen LogP contribution in [0.25, 0.3) is 0 Å². The van der Waals surface area contributed by atoms with Crippen molar-refractivity contribution in [3.05, 3.63) is 119 Å². The van der Waals surface area contributed by atoms with E-state index >= 15 is 0 Å². The highest BCUT2D eigenvalue weighted by molar-refractivity contribution is 5.93. The number of fused-ring (bicyclic) bond motifs is 1. The van der Waals surface area contributed by atoms with Gasteiger partial charge in [-0.15, -0.1) is 0 Å². The van der Waals surface area contributed by atoms with Crippen molar-refractivity contribution in [2.24, 2.45) is 0 Å². The Labute approximate surface area is 207 Å². The maximum atomic E-state index is 14.1. The summed E-state index contributed by atoms with van der Waals surface area (Å²) >= 11 is 0. The molecule has 1 aliphatic rings. The van der Waals surface area contributed by atoms with Crippen LogP contribution < -0.4 is 5.32 Å². The van der Waals surface area contributed by atoms with Gasteiger partial charge in [-0.2, -0.15) is 18.3 Å². The normalized spacial score (nSPS) is 17.2. The topological polar surface area (TPSA) is 50.2 Å². The molecule has 0 aliphatic carbocycles. The molecular weight excluding hydrogens is 465 g/mol. The first-order valence-corrected chi connectivity index (χ1v) is 11.7. The smallest absolute Gasteiger partial charge is 0.363 e. The maximum absolute atomic E-state index is 14.1. The van der Waals surface area contributed by atoms with Crippen molar-refractivity contribution in [1.29, 1.82) is 0 Å². The summed E-state index contributed by atoms with van der Waals surface area (Å²) in [4.78, 5) is 15.2. The number of alkyl halides is 3. The number of hydrogen-bond donors (Lipinski definition) is 1. The lowest BCUT2D eigenvalue weighted by atomic mass is 9.97. The molecular formula is C28H25F3N4O. The third kappa shape index (κ3) is 5.12. The molecule has 1 aliphatic heterocycles. The Morgan fingerprint density at radius 1 is 0.889 bits per heavy atom. The average Bonchev–Trinajstić information content (AvgIpc) is 3.32. The van der Waals surface area contributed by atoms with E-state index in [-0.39, 0.29) is 17.9 Å². The fraction of sp³-hybridized carbons (Fsp3) is 0.214. The van der Waals surface area contributed by atoms with Gasteiger partial charge in [0.2, 0.25) is 0 Å². The summed E-state index contributed by atoms with van der Waals surface area (Å²) in [5.74, 6) is -0.247. The molecule has 0 spiro atoms. The van der Waals surface area contributed by atoms with E-state index in [2.05, 4.69) is 10.4 Å². The molecule has 0 radical (unpaired) electrons. The molecule has 4 aromatic rings. The summed E-state index contributed by atoms with van der Waals surface area (Å²) in [5.41, 5.74) is 2.57. The molecule has 1 N–H and O–H groups in total. The van der Waals surface area contributed by atoms with Crippen molar-refractivity contribution in [3.63, 3.8) is 0 Å². The lowest BCUT2D eigenvalue weighted by Crippen LogP contribution is -2.36. The van der Waals surface area contributed by atoms with Gasteiger partial charge in [-0.05, 0) is 16.7 Å². The van der Waals surface area contributed by atoms with Gasteiger partial charge < -0.3 is 10.2 Å². The van der Waals surface area contributed by atoms with E-state index in [0.717, 1.165) is 21.4 Å². The number of halogens is 3.